The van der Waals surface area contributed by atoms with Gasteiger partial charge < -0.3 is 20.1 Å². The van der Waals surface area contributed by atoms with Crippen LogP contribution < -0.4 is 25.4 Å². The monoisotopic (exact) mass is 501 g/mol. The Balaban J connectivity index is 1.33. The molecule has 0 spiro atoms. The summed E-state index contributed by atoms with van der Waals surface area (Å²) in [6.07, 6.45) is 0. The van der Waals surface area contributed by atoms with Gasteiger partial charge in [0.05, 0.1) is 10.6 Å². The topological polar surface area (TPSA) is 88.7 Å². The summed E-state index contributed by atoms with van der Waals surface area (Å²) in [4.78, 5) is 24.9. The van der Waals surface area contributed by atoms with Gasteiger partial charge in [-0.25, -0.2) is 0 Å². The lowest BCUT2D eigenvalue weighted by atomic mass is 10.2. The van der Waals surface area contributed by atoms with E-state index in [2.05, 4.69) is 16.0 Å². The second-order valence-electron chi connectivity index (χ2n) is 6.92. The van der Waals surface area contributed by atoms with E-state index in [1.54, 1.807) is 54.6 Å². The molecule has 1 aliphatic heterocycles. The molecule has 0 saturated heterocycles. The molecular formula is C23H17Cl2N3O4S. The predicted molar refractivity (Wildman–Crippen MR) is 132 cm³/mol. The van der Waals surface area contributed by atoms with Crippen molar-refractivity contribution in [2.45, 2.75) is 0 Å². The third-order valence-electron chi connectivity index (χ3n) is 4.61. The van der Waals surface area contributed by atoms with Gasteiger partial charge in [-0.05, 0) is 72.9 Å². The van der Waals surface area contributed by atoms with Crippen molar-refractivity contribution in [3.05, 3.63) is 81.8 Å². The van der Waals surface area contributed by atoms with Crippen molar-refractivity contribution in [1.82, 2.24) is 5.32 Å². The lowest BCUT2D eigenvalue weighted by Crippen LogP contribution is -2.34. The molecule has 33 heavy (non-hydrogen) atoms. The first-order valence-corrected chi connectivity index (χ1v) is 10.9. The lowest BCUT2D eigenvalue weighted by Gasteiger charge is -2.18. The van der Waals surface area contributed by atoms with Crippen LogP contribution in [0.15, 0.2) is 60.7 Å². The standard InChI is InChI=1S/C23H17Cl2N3O4S/c24-14-2-7-17(18(25)12-14)22(30)26-15-3-5-16(6-4-15)27-23(33)28-21(29)13-1-8-19-20(11-13)32-10-9-31-19/h1-8,11-12H,9-10H2,(H,26,30)(H2,27,28,29,33). The number of hydrogen-bond donors (Lipinski definition) is 3. The first-order valence-electron chi connectivity index (χ1n) is 9.77. The van der Waals surface area contributed by atoms with Gasteiger partial charge in [0.2, 0.25) is 0 Å². The Morgan fingerprint density at radius 2 is 1.45 bits per heavy atom. The summed E-state index contributed by atoms with van der Waals surface area (Å²) in [7, 11) is 0. The van der Waals surface area contributed by atoms with E-state index < -0.39 is 0 Å². The fraction of sp³-hybridized carbons (Fsp3) is 0.0870. The molecule has 3 aromatic carbocycles. The summed E-state index contributed by atoms with van der Waals surface area (Å²) in [5, 5.41) is 9.14. The third kappa shape index (κ3) is 5.73. The van der Waals surface area contributed by atoms with Gasteiger partial charge in [-0.3, -0.25) is 14.9 Å². The second-order valence-corrected chi connectivity index (χ2v) is 8.17. The average Bonchev–Trinajstić information content (AvgIpc) is 2.79. The van der Waals surface area contributed by atoms with Crippen LogP contribution in [0.2, 0.25) is 10.0 Å². The molecule has 4 rings (SSSR count). The Labute approximate surface area is 205 Å². The molecule has 7 nitrogen and oxygen atoms in total. The van der Waals surface area contributed by atoms with Gasteiger partial charge in [-0.2, -0.15) is 0 Å². The van der Waals surface area contributed by atoms with Crippen LogP contribution >= 0.6 is 35.4 Å². The normalized spacial score (nSPS) is 11.9. The van der Waals surface area contributed by atoms with Gasteiger partial charge in [0, 0.05) is 22.0 Å². The summed E-state index contributed by atoms with van der Waals surface area (Å²) in [6, 6.07) is 16.4. The Hall–Kier alpha value is -3.33. The Kier molecular flexibility index (Phi) is 6.98. The Bertz CT molecular complexity index is 1230. The van der Waals surface area contributed by atoms with Gasteiger partial charge in [0.15, 0.2) is 16.6 Å². The number of fused-ring (bicyclic) bond motifs is 1. The fourth-order valence-electron chi connectivity index (χ4n) is 3.03. The summed E-state index contributed by atoms with van der Waals surface area (Å²) >= 11 is 17.2. The van der Waals surface area contributed by atoms with Crippen LogP contribution in [0, 0.1) is 0 Å². The molecule has 0 aromatic heterocycles. The summed E-state index contributed by atoms with van der Waals surface area (Å²) in [5.41, 5.74) is 1.89. The van der Waals surface area contributed by atoms with Gasteiger partial charge in [-0.15, -0.1) is 0 Å². The van der Waals surface area contributed by atoms with Crippen molar-refractivity contribution in [2.75, 3.05) is 23.8 Å². The second kappa shape index (κ2) is 10.1. The predicted octanol–water partition coefficient (Wildman–Crippen LogP) is 5.14. The fourth-order valence-corrected chi connectivity index (χ4v) is 3.74. The number of benzene rings is 3. The zero-order chi connectivity index (χ0) is 23.4. The van der Waals surface area contributed by atoms with Crippen molar-refractivity contribution in [2.24, 2.45) is 0 Å². The van der Waals surface area contributed by atoms with Crippen molar-refractivity contribution < 1.29 is 19.1 Å². The van der Waals surface area contributed by atoms with Gasteiger partial charge >= 0.3 is 0 Å². The van der Waals surface area contributed by atoms with Crippen molar-refractivity contribution in [3.8, 4) is 11.5 Å². The molecule has 0 unspecified atom stereocenters. The minimum atomic E-state index is -0.381. The zero-order valence-electron chi connectivity index (χ0n) is 17.0. The lowest BCUT2D eigenvalue weighted by molar-refractivity contribution is 0.0975. The van der Waals surface area contributed by atoms with Crippen LogP contribution in [0.25, 0.3) is 0 Å². The maximum absolute atomic E-state index is 12.5. The van der Waals surface area contributed by atoms with Gasteiger partial charge in [0.1, 0.15) is 13.2 Å². The van der Waals surface area contributed by atoms with Crippen molar-refractivity contribution >= 4 is 63.7 Å². The minimum Gasteiger partial charge on any atom is -0.486 e. The van der Waals surface area contributed by atoms with E-state index in [0.717, 1.165) is 0 Å². The number of hydrogen-bond acceptors (Lipinski definition) is 5. The molecule has 168 valence electrons. The Morgan fingerprint density at radius 1 is 0.788 bits per heavy atom. The van der Waals surface area contributed by atoms with Crippen LogP contribution in [0.1, 0.15) is 20.7 Å². The average molecular weight is 502 g/mol. The molecule has 0 atom stereocenters. The molecule has 10 heteroatoms. The number of rotatable bonds is 4. The molecule has 3 aromatic rings. The van der Waals surface area contributed by atoms with E-state index in [1.165, 1.54) is 6.07 Å². The van der Waals surface area contributed by atoms with Crippen LogP contribution in [0.5, 0.6) is 11.5 Å². The number of halogens is 2. The molecule has 0 radical (unpaired) electrons. The zero-order valence-corrected chi connectivity index (χ0v) is 19.3. The van der Waals surface area contributed by atoms with Gasteiger partial charge in [-0.1, -0.05) is 23.2 Å². The van der Waals surface area contributed by atoms with E-state index in [9.17, 15) is 9.59 Å². The highest BCUT2D eigenvalue weighted by Crippen LogP contribution is 2.30. The third-order valence-corrected chi connectivity index (χ3v) is 5.36. The number of ether oxygens (including phenoxy) is 2. The first-order chi connectivity index (χ1) is 15.9. The molecule has 3 N–H and O–H groups in total. The van der Waals surface area contributed by atoms with Gasteiger partial charge in [0.25, 0.3) is 11.8 Å². The number of thiocarbonyl (C=S) groups is 1. The van der Waals surface area contributed by atoms with Crippen LogP contribution in [-0.2, 0) is 0 Å². The molecular weight excluding hydrogens is 485 g/mol. The number of anilines is 2. The molecule has 0 saturated carbocycles. The molecule has 1 aliphatic rings. The Morgan fingerprint density at radius 3 is 2.15 bits per heavy atom. The van der Waals surface area contributed by atoms with E-state index in [0.29, 0.717) is 52.2 Å². The van der Waals surface area contributed by atoms with Crippen molar-refractivity contribution in [3.63, 3.8) is 0 Å². The van der Waals surface area contributed by atoms with E-state index >= 15 is 0 Å². The maximum atomic E-state index is 12.5. The summed E-state index contributed by atoms with van der Waals surface area (Å²) < 4.78 is 11.0. The van der Waals surface area contributed by atoms with Crippen LogP contribution in [0.3, 0.4) is 0 Å². The van der Waals surface area contributed by atoms with E-state index in [-0.39, 0.29) is 21.9 Å². The molecule has 0 aliphatic carbocycles. The highest BCUT2D eigenvalue weighted by molar-refractivity contribution is 7.80. The minimum absolute atomic E-state index is 0.125. The smallest absolute Gasteiger partial charge is 0.257 e. The quantitative estimate of drug-likeness (QED) is 0.428. The summed E-state index contributed by atoms with van der Waals surface area (Å²) in [5.74, 6) is 0.377. The van der Waals surface area contributed by atoms with Crippen LogP contribution in [0.4, 0.5) is 11.4 Å². The largest absolute Gasteiger partial charge is 0.486 e. The van der Waals surface area contributed by atoms with Crippen LogP contribution in [-0.4, -0.2) is 30.1 Å². The molecule has 0 fully saturated rings. The number of carbonyl (C=O) groups is 2. The SMILES string of the molecule is O=C(NC(=S)Nc1ccc(NC(=O)c2ccc(Cl)cc2Cl)cc1)c1ccc2c(c1)OCCO2. The maximum Gasteiger partial charge on any atom is 0.257 e. The van der Waals surface area contributed by atoms with E-state index in [1.807, 2.05) is 0 Å². The highest BCUT2D eigenvalue weighted by atomic mass is 35.5. The molecule has 1 heterocycles. The van der Waals surface area contributed by atoms with Crippen molar-refractivity contribution in [1.29, 1.82) is 0 Å². The molecule has 2 amide bonds. The van der Waals surface area contributed by atoms with E-state index in [4.69, 9.17) is 44.9 Å². The number of amides is 2. The number of carbonyl (C=O) groups excluding carboxylic acids is 2. The highest BCUT2D eigenvalue weighted by Gasteiger charge is 2.16. The number of nitrogens with one attached hydrogen (secondary N) is 3. The summed E-state index contributed by atoms with van der Waals surface area (Å²) in [6.45, 7) is 0.908. The first kappa shape index (κ1) is 22.8. The molecule has 0 bridgehead atoms.